The van der Waals surface area contributed by atoms with Crippen LogP contribution in [0.25, 0.3) is 0 Å². The minimum atomic E-state index is -0.128. The second kappa shape index (κ2) is 8.36. The molecule has 0 aliphatic heterocycles. The van der Waals surface area contributed by atoms with Gasteiger partial charge in [0.2, 0.25) is 5.91 Å². The van der Waals surface area contributed by atoms with Gasteiger partial charge in [-0.15, -0.1) is 0 Å². The third-order valence-corrected chi connectivity index (χ3v) is 3.84. The largest absolute Gasteiger partial charge is 0.338 e. The number of pyridine rings is 1. The van der Waals surface area contributed by atoms with Crippen molar-refractivity contribution in [3.63, 3.8) is 0 Å². The monoisotopic (exact) mass is 304 g/mol. The van der Waals surface area contributed by atoms with E-state index < -0.39 is 0 Å². The summed E-state index contributed by atoms with van der Waals surface area (Å²) in [5, 5.41) is 8.64. The fourth-order valence-electron chi connectivity index (χ4n) is 2.74. The summed E-state index contributed by atoms with van der Waals surface area (Å²) in [5.41, 5.74) is 1.66. The maximum absolute atomic E-state index is 11.9. The Morgan fingerprint density at radius 3 is 2.77 bits per heavy atom. The fraction of sp³-hybridized carbons (Fsp3) is 0.562. The molecular weight excluding hydrogens is 280 g/mol. The van der Waals surface area contributed by atoms with Crippen molar-refractivity contribution in [2.75, 3.05) is 11.9 Å². The van der Waals surface area contributed by atoms with Crippen molar-refractivity contribution in [1.29, 1.82) is 0 Å². The van der Waals surface area contributed by atoms with E-state index in [1.807, 2.05) is 6.07 Å². The summed E-state index contributed by atoms with van der Waals surface area (Å²) in [6, 6.07) is 2.05. The minimum Gasteiger partial charge on any atom is -0.338 e. The highest BCUT2D eigenvalue weighted by molar-refractivity contribution is 5.89. The number of hydrogen-bond acceptors (Lipinski definition) is 3. The summed E-state index contributed by atoms with van der Waals surface area (Å²) in [6.45, 7) is 1.99. The van der Waals surface area contributed by atoms with Gasteiger partial charge >= 0.3 is 6.03 Å². The highest BCUT2D eigenvalue weighted by Gasteiger charge is 2.15. The zero-order valence-corrected chi connectivity index (χ0v) is 13.0. The number of nitrogens with one attached hydrogen (secondary N) is 3. The first-order valence-electron chi connectivity index (χ1n) is 7.90. The van der Waals surface area contributed by atoms with Gasteiger partial charge in [-0.1, -0.05) is 19.3 Å². The molecule has 1 saturated carbocycles. The van der Waals surface area contributed by atoms with Crippen LogP contribution in [0.4, 0.5) is 10.5 Å². The average molecular weight is 304 g/mol. The molecule has 0 atom stereocenters. The molecule has 0 bridgehead atoms. The Balaban J connectivity index is 1.75. The average Bonchev–Trinajstić information content (AvgIpc) is 2.49. The Morgan fingerprint density at radius 2 is 2.05 bits per heavy atom. The number of carbonyl (C=O) groups is 2. The molecule has 1 fully saturated rings. The molecule has 120 valence electrons. The van der Waals surface area contributed by atoms with Crippen molar-refractivity contribution in [1.82, 2.24) is 15.6 Å². The van der Waals surface area contributed by atoms with Crippen molar-refractivity contribution >= 4 is 17.6 Å². The molecule has 6 heteroatoms. The second-order valence-corrected chi connectivity index (χ2v) is 5.70. The van der Waals surface area contributed by atoms with E-state index >= 15 is 0 Å². The smallest absolute Gasteiger partial charge is 0.315 e. The Labute approximate surface area is 131 Å². The highest BCUT2D eigenvalue weighted by atomic mass is 16.2. The van der Waals surface area contributed by atoms with Gasteiger partial charge in [0.15, 0.2) is 0 Å². The Morgan fingerprint density at radius 1 is 1.27 bits per heavy atom. The van der Waals surface area contributed by atoms with Gasteiger partial charge in [-0.25, -0.2) is 4.79 Å². The van der Waals surface area contributed by atoms with Crippen LogP contribution in [0.1, 0.15) is 44.6 Å². The third-order valence-electron chi connectivity index (χ3n) is 3.84. The van der Waals surface area contributed by atoms with Gasteiger partial charge in [-0.3, -0.25) is 9.78 Å². The van der Waals surface area contributed by atoms with Gasteiger partial charge in [0.1, 0.15) is 0 Å². The maximum Gasteiger partial charge on any atom is 0.315 e. The van der Waals surface area contributed by atoms with Crippen LogP contribution >= 0.6 is 0 Å². The lowest BCUT2D eigenvalue weighted by molar-refractivity contribution is -0.114. The van der Waals surface area contributed by atoms with Gasteiger partial charge in [0, 0.05) is 25.7 Å². The molecule has 1 aliphatic rings. The molecule has 3 amide bonds. The van der Waals surface area contributed by atoms with Crippen LogP contribution in [0.5, 0.6) is 0 Å². The van der Waals surface area contributed by atoms with Crippen molar-refractivity contribution in [3.8, 4) is 0 Å². The van der Waals surface area contributed by atoms with Crippen molar-refractivity contribution in [2.24, 2.45) is 0 Å². The first kappa shape index (κ1) is 16.3. The molecule has 0 aromatic carbocycles. The molecule has 1 aromatic heterocycles. The summed E-state index contributed by atoms with van der Waals surface area (Å²) in [5.74, 6) is -0.128. The second-order valence-electron chi connectivity index (χ2n) is 5.70. The quantitative estimate of drug-likeness (QED) is 0.780. The van der Waals surface area contributed by atoms with E-state index in [9.17, 15) is 9.59 Å². The molecule has 3 N–H and O–H groups in total. The van der Waals surface area contributed by atoms with Crippen LogP contribution in [0, 0.1) is 0 Å². The number of anilines is 1. The molecule has 1 heterocycles. The van der Waals surface area contributed by atoms with Crippen LogP contribution in [0.2, 0.25) is 0 Å². The Kier molecular flexibility index (Phi) is 6.18. The standard InChI is InChI=1S/C16H24N4O2/c1-12(21)19-15-11-17-9-7-13(15)8-10-18-16(22)20-14-5-3-2-4-6-14/h7,9,11,14H,2-6,8,10H2,1H3,(H,19,21)(H2,18,20,22). The maximum atomic E-state index is 11.9. The van der Waals surface area contributed by atoms with E-state index in [4.69, 9.17) is 0 Å². The molecule has 0 saturated heterocycles. The fourth-order valence-corrected chi connectivity index (χ4v) is 2.74. The number of hydrogen-bond donors (Lipinski definition) is 3. The number of urea groups is 1. The van der Waals surface area contributed by atoms with Gasteiger partial charge in [0.25, 0.3) is 0 Å². The number of amides is 3. The molecule has 0 unspecified atom stereocenters. The SMILES string of the molecule is CC(=O)Nc1cnccc1CCNC(=O)NC1CCCCC1. The van der Waals surface area contributed by atoms with Crippen molar-refractivity contribution in [2.45, 2.75) is 51.5 Å². The summed E-state index contributed by atoms with van der Waals surface area (Å²) >= 11 is 0. The molecule has 22 heavy (non-hydrogen) atoms. The molecule has 6 nitrogen and oxygen atoms in total. The van der Waals surface area contributed by atoms with Crippen molar-refractivity contribution < 1.29 is 9.59 Å². The molecule has 1 aromatic rings. The zero-order chi connectivity index (χ0) is 15.8. The Bertz CT molecular complexity index is 513. The minimum absolute atomic E-state index is 0.109. The highest BCUT2D eigenvalue weighted by Crippen LogP contribution is 2.17. The summed E-state index contributed by atoms with van der Waals surface area (Å²) in [7, 11) is 0. The van der Waals surface area contributed by atoms with Crippen LogP contribution in [-0.4, -0.2) is 29.5 Å². The van der Waals surface area contributed by atoms with Crippen molar-refractivity contribution in [3.05, 3.63) is 24.0 Å². The number of rotatable bonds is 5. The molecule has 1 aliphatic carbocycles. The van der Waals surface area contributed by atoms with E-state index in [0.29, 0.717) is 24.7 Å². The lowest BCUT2D eigenvalue weighted by Gasteiger charge is -2.22. The van der Waals surface area contributed by atoms with E-state index in [-0.39, 0.29) is 11.9 Å². The first-order valence-corrected chi connectivity index (χ1v) is 7.90. The number of carbonyl (C=O) groups excluding carboxylic acids is 2. The van der Waals surface area contributed by atoms with E-state index in [1.54, 1.807) is 12.4 Å². The van der Waals surface area contributed by atoms with E-state index in [0.717, 1.165) is 18.4 Å². The summed E-state index contributed by atoms with van der Waals surface area (Å²) < 4.78 is 0. The molecule has 0 radical (unpaired) electrons. The number of nitrogens with zero attached hydrogens (tertiary/aromatic N) is 1. The zero-order valence-electron chi connectivity index (χ0n) is 13.0. The van der Waals surface area contributed by atoms with Gasteiger partial charge in [-0.05, 0) is 30.9 Å². The van der Waals surface area contributed by atoms with Crippen LogP contribution in [-0.2, 0) is 11.2 Å². The summed E-state index contributed by atoms with van der Waals surface area (Å²) in [6.07, 6.45) is 9.77. The molecule has 0 spiro atoms. The van der Waals surface area contributed by atoms with Gasteiger partial charge in [0.05, 0.1) is 11.9 Å². The predicted octanol–water partition coefficient (Wildman–Crippen LogP) is 2.21. The van der Waals surface area contributed by atoms with Gasteiger partial charge in [-0.2, -0.15) is 0 Å². The number of aromatic nitrogens is 1. The lowest BCUT2D eigenvalue weighted by atomic mass is 9.96. The molecular formula is C16H24N4O2. The third kappa shape index (κ3) is 5.35. The van der Waals surface area contributed by atoms with Crippen LogP contribution in [0.3, 0.4) is 0 Å². The first-order chi connectivity index (χ1) is 10.6. The van der Waals surface area contributed by atoms with Crippen LogP contribution in [0.15, 0.2) is 18.5 Å². The Hall–Kier alpha value is -2.11. The van der Waals surface area contributed by atoms with Gasteiger partial charge < -0.3 is 16.0 Å². The normalized spacial score (nSPS) is 15.1. The van der Waals surface area contributed by atoms with Crippen LogP contribution < -0.4 is 16.0 Å². The molecule has 2 rings (SSSR count). The summed E-state index contributed by atoms with van der Waals surface area (Å²) in [4.78, 5) is 27.0. The lowest BCUT2D eigenvalue weighted by Crippen LogP contribution is -2.43. The van der Waals surface area contributed by atoms with E-state index in [2.05, 4.69) is 20.9 Å². The van der Waals surface area contributed by atoms with E-state index in [1.165, 1.54) is 26.2 Å². The predicted molar refractivity (Wildman–Crippen MR) is 85.7 cm³/mol. The topological polar surface area (TPSA) is 83.1 Å².